The molecule has 1 aromatic rings. The van der Waals surface area contributed by atoms with Crippen molar-refractivity contribution in [3.8, 4) is 11.5 Å². The molecule has 4 heteroatoms. The molecule has 1 fully saturated rings. The van der Waals surface area contributed by atoms with Gasteiger partial charge in [0.15, 0.2) is 11.5 Å². The quantitative estimate of drug-likeness (QED) is 0.835. The zero-order valence-corrected chi connectivity index (χ0v) is 14.0. The van der Waals surface area contributed by atoms with Crippen LogP contribution in [0.5, 0.6) is 11.5 Å². The van der Waals surface area contributed by atoms with E-state index in [0.29, 0.717) is 17.6 Å². The SMILES string of the molecule is CC(C)(C)SCCN1CCC[C@@H]1c1ccc2c(c1)OCO2. The van der Waals surface area contributed by atoms with Crippen molar-refractivity contribution in [2.45, 2.75) is 44.4 Å². The van der Waals surface area contributed by atoms with Crippen molar-refractivity contribution < 1.29 is 9.47 Å². The van der Waals surface area contributed by atoms with Gasteiger partial charge in [-0.15, -0.1) is 0 Å². The average molecular weight is 307 g/mol. The van der Waals surface area contributed by atoms with Gasteiger partial charge in [0.1, 0.15) is 0 Å². The number of hydrogen-bond donors (Lipinski definition) is 0. The number of ether oxygens (including phenoxy) is 2. The van der Waals surface area contributed by atoms with Crippen LogP contribution in [-0.4, -0.2) is 35.3 Å². The molecule has 2 aliphatic rings. The zero-order chi connectivity index (χ0) is 14.9. The van der Waals surface area contributed by atoms with Gasteiger partial charge in [-0.25, -0.2) is 0 Å². The third-order valence-corrected chi connectivity index (χ3v) is 5.31. The number of rotatable bonds is 4. The molecule has 2 aliphatic heterocycles. The minimum absolute atomic E-state index is 0.355. The second-order valence-electron chi connectivity index (χ2n) is 6.77. The Balaban J connectivity index is 1.64. The van der Waals surface area contributed by atoms with Gasteiger partial charge < -0.3 is 9.47 Å². The molecule has 116 valence electrons. The fourth-order valence-corrected chi connectivity index (χ4v) is 4.00. The van der Waals surface area contributed by atoms with Gasteiger partial charge in [0, 0.05) is 23.1 Å². The van der Waals surface area contributed by atoms with Gasteiger partial charge in [-0.2, -0.15) is 11.8 Å². The second-order valence-corrected chi connectivity index (χ2v) is 8.69. The van der Waals surface area contributed by atoms with Crippen LogP contribution in [0.25, 0.3) is 0 Å². The summed E-state index contributed by atoms with van der Waals surface area (Å²) in [6.07, 6.45) is 2.54. The molecule has 1 saturated heterocycles. The fraction of sp³-hybridized carbons (Fsp3) is 0.647. The van der Waals surface area contributed by atoms with Gasteiger partial charge in [0.05, 0.1) is 0 Å². The van der Waals surface area contributed by atoms with E-state index >= 15 is 0 Å². The van der Waals surface area contributed by atoms with E-state index in [1.807, 2.05) is 0 Å². The summed E-state index contributed by atoms with van der Waals surface area (Å²) in [5, 5.41) is 0. The Morgan fingerprint density at radius 3 is 2.86 bits per heavy atom. The molecular weight excluding hydrogens is 282 g/mol. The van der Waals surface area contributed by atoms with Gasteiger partial charge in [0.25, 0.3) is 0 Å². The first kappa shape index (κ1) is 15.0. The monoisotopic (exact) mass is 307 g/mol. The first-order valence-electron chi connectivity index (χ1n) is 7.80. The minimum atomic E-state index is 0.355. The van der Waals surface area contributed by atoms with Crippen LogP contribution in [0.3, 0.4) is 0 Å². The molecule has 3 nitrogen and oxygen atoms in total. The molecule has 0 aliphatic carbocycles. The van der Waals surface area contributed by atoms with Crippen LogP contribution in [0.1, 0.15) is 45.2 Å². The van der Waals surface area contributed by atoms with Crippen molar-refractivity contribution in [3.05, 3.63) is 23.8 Å². The third kappa shape index (κ3) is 3.67. The highest BCUT2D eigenvalue weighted by molar-refractivity contribution is 8.00. The fourth-order valence-electron chi connectivity index (χ4n) is 3.06. The largest absolute Gasteiger partial charge is 0.454 e. The molecule has 0 unspecified atom stereocenters. The summed E-state index contributed by atoms with van der Waals surface area (Å²) in [4.78, 5) is 2.62. The third-order valence-electron chi connectivity index (χ3n) is 4.06. The lowest BCUT2D eigenvalue weighted by Crippen LogP contribution is -2.27. The van der Waals surface area contributed by atoms with Crippen molar-refractivity contribution in [3.63, 3.8) is 0 Å². The summed E-state index contributed by atoms with van der Waals surface area (Å²) in [5.74, 6) is 2.99. The van der Waals surface area contributed by atoms with Crippen molar-refractivity contribution in [1.29, 1.82) is 0 Å². The number of nitrogens with zero attached hydrogens (tertiary/aromatic N) is 1. The lowest BCUT2D eigenvalue weighted by molar-refractivity contribution is 0.174. The van der Waals surface area contributed by atoms with E-state index in [0.717, 1.165) is 11.5 Å². The average Bonchev–Trinajstić information content (AvgIpc) is 3.04. The second kappa shape index (κ2) is 6.09. The van der Waals surface area contributed by atoms with Crippen molar-refractivity contribution >= 4 is 11.8 Å². The molecular formula is C17H25NO2S. The van der Waals surface area contributed by atoms with E-state index in [9.17, 15) is 0 Å². The maximum atomic E-state index is 5.51. The van der Waals surface area contributed by atoms with Gasteiger partial charge in [-0.3, -0.25) is 4.90 Å². The summed E-state index contributed by atoms with van der Waals surface area (Å²) in [6.45, 7) is 9.60. The highest BCUT2D eigenvalue weighted by Gasteiger charge is 2.27. The highest BCUT2D eigenvalue weighted by atomic mass is 32.2. The molecule has 0 spiro atoms. The number of fused-ring (bicyclic) bond motifs is 1. The van der Waals surface area contributed by atoms with E-state index in [-0.39, 0.29) is 0 Å². The molecule has 2 heterocycles. The van der Waals surface area contributed by atoms with E-state index < -0.39 is 0 Å². The van der Waals surface area contributed by atoms with Gasteiger partial charge in [-0.05, 0) is 37.1 Å². The number of likely N-dealkylation sites (tertiary alicyclic amines) is 1. The number of benzene rings is 1. The molecule has 0 bridgehead atoms. The summed E-state index contributed by atoms with van der Waals surface area (Å²) in [7, 11) is 0. The van der Waals surface area contributed by atoms with E-state index in [1.54, 1.807) is 0 Å². The predicted octanol–water partition coefficient (Wildman–Crippen LogP) is 4.08. The maximum Gasteiger partial charge on any atom is 0.231 e. The Kier molecular flexibility index (Phi) is 4.36. The van der Waals surface area contributed by atoms with Crippen molar-refractivity contribution in [2.24, 2.45) is 0 Å². The highest BCUT2D eigenvalue weighted by Crippen LogP contribution is 2.39. The van der Waals surface area contributed by atoms with Crippen LogP contribution in [-0.2, 0) is 0 Å². The van der Waals surface area contributed by atoms with Crippen LogP contribution in [0.15, 0.2) is 18.2 Å². The Bertz CT molecular complexity index is 498. The predicted molar refractivity (Wildman–Crippen MR) is 88.3 cm³/mol. The van der Waals surface area contributed by atoms with E-state index in [1.165, 1.54) is 37.2 Å². The Morgan fingerprint density at radius 2 is 2.05 bits per heavy atom. The van der Waals surface area contributed by atoms with Crippen LogP contribution in [0.2, 0.25) is 0 Å². The number of thioether (sulfide) groups is 1. The molecule has 0 amide bonds. The van der Waals surface area contributed by atoms with Crippen molar-refractivity contribution in [1.82, 2.24) is 4.90 Å². The van der Waals surface area contributed by atoms with Crippen LogP contribution < -0.4 is 9.47 Å². The molecule has 0 aromatic heterocycles. The van der Waals surface area contributed by atoms with Gasteiger partial charge >= 0.3 is 0 Å². The normalized spacial score (nSPS) is 22.0. The van der Waals surface area contributed by atoms with Crippen LogP contribution in [0, 0.1) is 0 Å². The minimum Gasteiger partial charge on any atom is -0.454 e. The lowest BCUT2D eigenvalue weighted by atomic mass is 10.0. The first-order valence-corrected chi connectivity index (χ1v) is 8.79. The Morgan fingerprint density at radius 1 is 1.24 bits per heavy atom. The standard InChI is InChI=1S/C17H25NO2S/c1-17(2,3)21-10-9-18-8-4-5-14(18)13-6-7-15-16(11-13)20-12-19-15/h6-7,11,14H,4-5,8-10,12H2,1-3H3/t14-/m1/s1. The molecule has 21 heavy (non-hydrogen) atoms. The lowest BCUT2D eigenvalue weighted by Gasteiger charge is -2.26. The summed E-state index contributed by atoms with van der Waals surface area (Å²) in [6, 6.07) is 6.97. The summed E-state index contributed by atoms with van der Waals surface area (Å²) >= 11 is 2.05. The molecule has 0 N–H and O–H groups in total. The molecule has 1 aromatic carbocycles. The molecule has 1 atom stereocenters. The van der Waals surface area contributed by atoms with Gasteiger partial charge in [-0.1, -0.05) is 26.8 Å². The van der Waals surface area contributed by atoms with Crippen LogP contribution in [0.4, 0.5) is 0 Å². The van der Waals surface area contributed by atoms with Crippen LogP contribution >= 0.6 is 11.8 Å². The summed E-state index contributed by atoms with van der Waals surface area (Å²) < 4.78 is 11.3. The summed E-state index contributed by atoms with van der Waals surface area (Å²) in [5.41, 5.74) is 1.37. The zero-order valence-electron chi connectivity index (χ0n) is 13.2. The first-order chi connectivity index (χ1) is 10.0. The number of hydrogen-bond acceptors (Lipinski definition) is 4. The topological polar surface area (TPSA) is 21.7 Å². The van der Waals surface area contributed by atoms with E-state index in [4.69, 9.17) is 9.47 Å². The van der Waals surface area contributed by atoms with Gasteiger partial charge in [0.2, 0.25) is 6.79 Å². The Labute approximate surface area is 132 Å². The molecule has 3 rings (SSSR count). The van der Waals surface area contributed by atoms with E-state index in [2.05, 4.69) is 55.6 Å². The smallest absolute Gasteiger partial charge is 0.231 e. The maximum absolute atomic E-state index is 5.51. The molecule has 0 radical (unpaired) electrons. The Hall–Kier alpha value is -0.870. The molecule has 0 saturated carbocycles. The van der Waals surface area contributed by atoms with Crippen molar-refractivity contribution in [2.75, 3.05) is 25.6 Å².